The van der Waals surface area contributed by atoms with Crippen LogP contribution in [-0.2, 0) is 6.42 Å². The molecule has 0 aliphatic carbocycles. The highest BCUT2D eigenvalue weighted by Gasteiger charge is 2.24. The summed E-state index contributed by atoms with van der Waals surface area (Å²) in [6.07, 6.45) is 1.19. The smallest absolute Gasteiger partial charge is 0.446 e. The Kier molecular flexibility index (Phi) is 5.08. The molecule has 3 aromatic heterocycles. The van der Waals surface area contributed by atoms with Gasteiger partial charge in [-0.3, -0.25) is 9.62 Å². The third-order valence-electron chi connectivity index (χ3n) is 3.86. The van der Waals surface area contributed by atoms with Crippen molar-refractivity contribution in [3.05, 3.63) is 51.2 Å². The van der Waals surface area contributed by atoms with Crippen LogP contribution < -0.4 is 10.5 Å². The van der Waals surface area contributed by atoms with Gasteiger partial charge in [-0.15, -0.1) is 0 Å². The van der Waals surface area contributed by atoms with E-state index in [9.17, 15) is 9.18 Å². The number of halogens is 2. The van der Waals surface area contributed by atoms with E-state index in [0.29, 0.717) is 18.7 Å². The van der Waals surface area contributed by atoms with Crippen LogP contribution in [0.1, 0.15) is 18.1 Å². The van der Waals surface area contributed by atoms with Crippen molar-refractivity contribution in [2.45, 2.75) is 19.8 Å². The van der Waals surface area contributed by atoms with Crippen LogP contribution in [0.5, 0.6) is 5.88 Å². The maximum absolute atomic E-state index is 13.4. The van der Waals surface area contributed by atoms with Crippen LogP contribution in [0.2, 0.25) is 5.02 Å². The van der Waals surface area contributed by atoms with Crippen LogP contribution in [0.15, 0.2) is 32.1 Å². The molecular formula is C16H13ClFN7O4. The second kappa shape index (κ2) is 7.83. The molecule has 11 nitrogen and oxygen atoms in total. The van der Waals surface area contributed by atoms with Crippen molar-refractivity contribution >= 4 is 11.6 Å². The minimum atomic E-state index is -0.823. The Morgan fingerprint density at radius 2 is 2.17 bits per heavy atom. The van der Waals surface area contributed by atoms with E-state index in [4.69, 9.17) is 25.5 Å². The minimum absolute atomic E-state index is 0.0198. The first-order valence-electron chi connectivity index (χ1n) is 8.40. The Morgan fingerprint density at radius 3 is 2.93 bits per heavy atom. The molecule has 0 aliphatic heterocycles. The molecule has 0 unspecified atom stereocenters. The Morgan fingerprint density at radius 1 is 1.31 bits per heavy atom. The fourth-order valence-electron chi connectivity index (χ4n) is 2.56. The second-order valence-corrected chi connectivity index (χ2v) is 6.32. The summed E-state index contributed by atoms with van der Waals surface area (Å²) < 4.78 is 29.5. The van der Waals surface area contributed by atoms with Crippen LogP contribution >= 0.6 is 11.6 Å². The van der Waals surface area contributed by atoms with Crippen molar-refractivity contribution < 1.29 is 18.3 Å². The number of hydrogen-bond donors (Lipinski definition) is 1. The average Bonchev–Trinajstić information content (AvgIpc) is 3.41. The first-order valence-corrected chi connectivity index (χ1v) is 8.78. The summed E-state index contributed by atoms with van der Waals surface area (Å²) in [5.74, 6) is -0.0614. The van der Waals surface area contributed by atoms with Gasteiger partial charge in [0.25, 0.3) is 5.88 Å². The average molecular weight is 422 g/mol. The molecule has 0 saturated heterocycles. The number of hydrogen-bond acceptors (Lipinski definition) is 9. The van der Waals surface area contributed by atoms with Crippen LogP contribution in [0.3, 0.4) is 0 Å². The van der Waals surface area contributed by atoms with Crippen molar-refractivity contribution in [3.63, 3.8) is 0 Å². The van der Waals surface area contributed by atoms with E-state index in [1.54, 1.807) is 0 Å². The number of nitrogens with zero attached hydrogens (tertiary/aromatic N) is 6. The van der Waals surface area contributed by atoms with Gasteiger partial charge in [0.2, 0.25) is 11.5 Å². The number of aryl methyl sites for hydroxylation is 2. The number of benzene rings is 1. The summed E-state index contributed by atoms with van der Waals surface area (Å²) in [7, 11) is 0. The molecule has 0 bridgehead atoms. The lowest BCUT2D eigenvalue weighted by molar-refractivity contribution is 0.252. The van der Waals surface area contributed by atoms with Crippen molar-refractivity contribution in [1.82, 2.24) is 35.2 Å². The highest BCUT2D eigenvalue weighted by molar-refractivity contribution is 6.30. The van der Waals surface area contributed by atoms with E-state index in [1.807, 2.05) is 6.92 Å². The minimum Gasteiger partial charge on any atom is -0.474 e. The molecule has 4 rings (SSSR count). The largest absolute Gasteiger partial charge is 0.474 e. The molecule has 13 heteroatoms. The fourth-order valence-corrected chi connectivity index (χ4v) is 2.74. The predicted molar refractivity (Wildman–Crippen MR) is 95.3 cm³/mol. The summed E-state index contributed by atoms with van der Waals surface area (Å²) in [4.78, 5) is 16.3. The first kappa shape index (κ1) is 18.8. The number of aromatic amines is 1. The predicted octanol–water partition coefficient (Wildman–Crippen LogP) is 2.11. The molecule has 0 atom stereocenters. The van der Waals surface area contributed by atoms with Gasteiger partial charge < -0.3 is 4.74 Å². The van der Waals surface area contributed by atoms with Gasteiger partial charge >= 0.3 is 5.76 Å². The van der Waals surface area contributed by atoms with E-state index < -0.39 is 11.6 Å². The third kappa shape index (κ3) is 3.87. The van der Waals surface area contributed by atoms with Crippen LogP contribution in [0.25, 0.3) is 17.2 Å². The van der Waals surface area contributed by atoms with Crippen LogP contribution in [-0.4, -0.2) is 41.8 Å². The number of ether oxygens (including phenoxy) is 1. The SMILES string of the molecule is Cc1nc(CCCOc2nonc2-c2noc(=O)n2-c2ccc(F)c(Cl)c2)n[nH]1. The van der Waals surface area contributed by atoms with Gasteiger partial charge in [-0.1, -0.05) is 16.8 Å². The lowest BCUT2D eigenvalue weighted by Gasteiger charge is -2.05. The molecule has 3 heterocycles. The molecule has 1 N–H and O–H groups in total. The van der Waals surface area contributed by atoms with Gasteiger partial charge in [0.05, 0.1) is 17.3 Å². The van der Waals surface area contributed by atoms with Gasteiger partial charge in [0.15, 0.2) is 5.82 Å². The molecule has 4 aromatic rings. The summed E-state index contributed by atoms with van der Waals surface area (Å²) in [5, 5.41) is 17.8. The topological polar surface area (TPSA) is 138 Å². The van der Waals surface area contributed by atoms with E-state index in [2.05, 4.69) is 30.7 Å². The Bertz CT molecular complexity index is 1200. The van der Waals surface area contributed by atoms with E-state index in [0.717, 1.165) is 16.5 Å². The van der Waals surface area contributed by atoms with Gasteiger partial charge in [0, 0.05) is 6.42 Å². The van der Waals surface area contributed by atoms with E-state index >= 15 is 0 Å². The molecule has 150 valence electrons. The van der Waals surface area contributed by atoms with Crippen molar-refractivity contribution in [2.75, 3.05) is 6.61 Å². The zero-order chi connectivity index (χ0) is 20.4. The maximum Gasteiger partial charge on any atom is 0.446 e. The van der Waals surface area contributed by atoms with Gasteiger partial charge in [0.1, 0.15) is 11.6 Å². The van der Waals surface area contributed by atoms with Gasteiger partial charge in [-0.05, 0) is 41.9 Å². The van der Waals surface area contributed by atoms with Crippen molar-refractivity contribution in [1.29, 1.82) is 0 Å². The molecule has 0 saturated carbocycles. The quantitative estimate of drug-likeness (QED) is 0.444. The Labute approximate surface area is 166 Å². The lowest BCUT2D eigenvalue weighted by atomic mass is 10.3. The molecule has 0 spiro atoms. The number of H-pyrrole nitrogens is 1. The number of rotatable bonds is 7. The van der Waals surface area contributed by atoms with Crippen molar-refractivity contribution in [3.8, 4) is 23.1 Å². The normalized spacial score (nSPS) is 11.1. The molecule has 1 aromatic carbocycles. The zero-order valence-corrected chi connectivity index (χ0v) is 15.7. The van der Waals surface area contributed by atoms with Gasteiger partial charge in [-0.25, -0.2) is 23.4 Å². The molecule has 0 aliphatic rings. The summed E-state index contributed by atoms with van der Waals surface area (Å²) in [6.45, 7) is 2.07. The number of aromatic nitrogens is 7. The maximum atomic E-state index is 13.4. The van der Waals surface area contributed by atoms with Crippen LogP contribution in [0.4, 0.5) is 4.39 Å². The Hall–Kier alpha value is -3.54. The van der Waals surface area contributed by atoms with Crippen molar-refractivity contribution in [2.24, 2.45) is 0 Å². The molecule has 0 fully saturated rings. The lowest BCUT2D eigenvalue weighted by Crippen LogP contribution is -2.13. The first-order chi connectivity index (χ1) is 14.0. The van der Waals surface area contributed by atoms with Gasteiger partial charge in [-0.2, -0.15) is 5.10 Å². The molecule has 0 amide bonds. The monoisotopic (exact) mass is 421 g/mol. The highest BCUT2D eigenvalue weighted by Crippen LogP contribution is 2.27. The Balaban J connectivity index is 1.54. The summed E-state index contributed by atoms with van der Waals surface area (Å²) >= 11 is 5.80. The second-order valence-electron chi connectivity index (χ2n) is 5.91. The van der Waals surface area contributed by atoms with E-state index in [1.165, 1.54) is 12.1 Å². The standard InChI is InChI=1S/C16H13ClFN7O4/c1-8-19-12(21-20-8)3-2-6-27-15-13(22-29-24-15)14-23-28-16(26)25(14)9-4-5-11(18)10(17)7-9/h4-5,7H,2-3,6H2,1H3,(H,19,20,21). The molecule has 0 radical (unpaired) electrons. The molecule has 29 heavy (non-hydrogen) atoms. The zero-order valence-electron chi connectivity index (χ0n) is 14.9. The number of nitrogens with one attached hydrogen (secondary N) is 1. The summed E-state index contributed by atoms with van der Waals surface area (Å²) in [5.41, 5.74) is 0.275. The molecular weight excluding hydrogens is 409 g/mol. The fraction of sp³-hybridized carbons (Fsp3) is 0.250. The van der Waals surface area contributed by atoms with E-state index in [-0.39, 0.29) is 34.7 Å². The third-order valence-corrected chi connectivity index (χ3v) is 4.15. The summed E-state index contributed by atoms with van der Waals surface area (Å²) in [6, 6.07) is 3.71. The highest BCUT2D eigenvalue weighted by atomic mass is 35.5. The van der Waals surface area contributed by atoms with Crippen LogP contribution in [0, 0.1) is 12.7 Å².